The van der Waals surface area contributed by atoms with E-state index in [0.717, 1.165) is 26.2 Å². The highest BCUT2D eigenvalue weighted by Gasteiger charge is 2.34. The maximum absolute atomic E-state index is 13.6. The molecule has 0 aromatic heterocycles. The highest BCUT2D eigenvalue weighted by atomic mass is 32.2. The van der Waals surface area contributed by atoms with Gasteiger partial charge in [-0.2, -0.15) is 4.31 Å². The van der Waals surface area contributed by atoms with E-state index in [4.69, 9.17) is 4.74 Å². The second-order valence-corrected chi connectivity index (χ2v) is 10.6. The van der Waals surface area contributed by atoms with Crippen LogP contribution in [0.15, 0.2) is 17.0 Å². The van der Waals surface area contributed by atoms with Crippen molar-refractivity contribution in [2.75, 3.05) is 103 Å². The molecule has 0 bridgehead atoms. The van der Waals surface area contributed by atoms with Crippen LogP contribution in [0.1, 0.15) is 10.4 Å². The number of sulfonamides is 1. The normalized spacial score (nSPS) is 22.3. The van der Waals surface area contributed by atoms with Gasteiger partial charge in [0.15, 0.2) is 0 Å². The quantitative estimate of drug-likeness (QED) is 0.637. The number of ether oxygens (including phenoxy) is 1. The zero-order chi connectivity index (χ0) is 22.9. The lowest BCUT2D eigenvalue weighted by atomic mass is 10.1. The summed E-state index contributed by atoms with van der Waals surface area (Å²) in [4.78, 5) is 20.9. The second kappa shape index (κ2) is 9.52. The van der Waals surface area contributed by atoms with Gasteiger partial charge in [0.05, 0.1) is 30.2 Å². The highest BCUT2D eigenvalue weighted by Crippen LogP contribution is 2.36. The minimum atomic E-state index is -3.86. The lowest BCUT2D eigenvalue weighted by molar-refractivity contribution is 0.0696. The monoisotopic (exact) mass is 467 g/mol. The molecular formula is C21H33N5O5S. The fourth-order valence-corrected chi connectivity index (χ4v) is 6.09. The summed E-state index contributed by atoms with van der Waals surface area (Å²) in [7, 11) is 0.232. The predicted octanol–water partition coefficient (Wildman–Crippen LogP) is -0.0907. The van der Waals surface area contributed by atoms with Crippen molar-refractivity contribution >= 4 is 27.4 Å². The van der Waals surface area contributed by atoms with Crippen LogP contribution in [0.5, 0.6) is 0 Å². The summed E-state index contributed by atoms with van der Waals surface area (Å²) in [6.45, 7) is 7.32. The lowest BCUT2D eigenvalue weighted by Crippen LogP contribution is -2.47. The van der Waals surface area contributed by atoms with Gasteiger partial charge in [-0.05, 0) is 26.2 Å². The SMILES string of the molecule is CN1CCN(c2cc(N3CCN(C)CC3)c(S(=O)(=O)N3CCOCC3)cc2C(=O)O)CC1. The fraction of sp³-hybridized carbons (Fsp3) is 0.667. The van der Waals surface area contributed by atoms with E-state index in [-0.39, 0.29) is 23.5 Å². The fourth-order valence-electron chi connectivity index (χ4n) is 4.46. The summed E-state index contributed by atoms with van der Waals surface area (Å²) < 4.78 is 34.0. The van der Waals surface area contributed by atoms with Gasteiger partial charge in [-0.25, -0.2) is 13.2 Å². The van der Waals surface area contributed by atoms with E-state index < -0.39 is 16.0 Å². The summed E-state index contributed by atoms with van der Waals surface area (Å²) in [5.74, 6) is -1.11. The van der Waals surface area contributed by atoms with Crippen molar-refractivity contribution in [3.63, 3.8) is 0 Å². The van der Waals surface area contributed by atoms with Crippen LogP contribution in [0, 0.1) is 0 Å². The van der Waals surface area contributed by atoms with Gasteiger partial charge in [0.1, 0.15) is 4.90 Å². The molecule has 3 saturated heterocycles. The third-order valence-electron chi connectivity index (χ3n) is 6.58. The number of rotatable bonds is 5. The lowest BCUT2D eigenvalue weighted by Gasteiger charge is -2.38. The van der Waals surface area contributed by atoms with Crippen LogP contribution in [-0.4, -0.2) is 126 Å². The molecule has 4 rings (SSSR count). The maximum atomic E-state index is 13.6. The molecule has 1 N–H and O–H groups in total. The van der Waals surface area contributed by atoms with Gasteiger partial charge < -0.3 is 29.4 Å². The summed E-state index contributed by atoms with van der Waals surface area (Å²) in [5.41, 5.74) is 1.24. The average molecular weight is 468 g/mol. The highest BCUT2D eigenvalue weighted by molar-refractivity contribution is 7.89. The van der Waals surface area contributed by atoms with Gasteiger partial charge >= 0.3 is 5.97 Å². The van der Waals surface area contributed by atoms with Crippen molar-refractivity contribution in [3.8, 4) is 0 Å². The molecule has 3 heterocycles. The summed E-state index contributed by atoms with van der Waals surface area (Å²) in [6.07, 6.45) is 0. The van der Waals surface area contributed by atoms with Crippen LogP contribution in [0.2, 0.25) is 0 Å². The molecule has 3 aliphatic rings. The van der Waals surface area contributed by atoms with E-state index in [0.29, 0.717) is 50.8 Å². The number of benzene rings is 1. The Bertz CT molecular complexity index is 934. The Balaban J connectivity index is 1.81. The first-order chi connectivity index (χ1) is 15.3. The molecule has 0 amide bonds. The van der Waals surface area contributed by atoms with Gasteiger partial charge in [0.2, 0.25) is 10.0 Å². The van der Waals surface area contributed by atoms with Crippen molar-refractivity contribution in [2.24, 2.45) is 0 Å². The van der Waals surface area contributed by atoms with Crippen LogP contribution in [0.4, 0.5) is 11.4 Å². The molecule has 10 nitrogen and oxygen atoms in total. The standard InChI is InChI=1S/C21H33N5O5S/c1-22-3-7-24(8-4-22)18-16-19(25-9-5-23(2)6-10-25)20(15-17(18)21(27)28)32(29,30)26-11-13-31-14-12-26/h15-16H,3-14H2,1-2H3,(H,27,28). The molecule has 0 unspecified atom stereocenters. The van der Waals surface area contributed by atoms with E-state index >= 15 is 0 Å². The van der Waals surface area contributed by atoms with Crippen molar-refractivity contribution in [3.05, 3.63) is 17.7 Å². The van der Waals surface area contributed by atoms with Crippen molar-refractivity contribution in [1.29, 1.82) is 0 Å². The Hall–Kier alpha value is -1.92. The molecule has 0 radical (unpaired) electrons. The number of carboxylic acid groups (broad SMARTS) is 1. The van der Waals surface area contributed by atoms with Crippen LogP contribution < -0.4 is 9.80 Å². The molecule has 1 aromatic carbocycles. The van der Waals surface area contributed by atoms with Gasteiger partial charge in [0, 0.05) is 65.4 Å². The largest absolute Gasteiger partial charge is 0.478 e. The number of morpholine rings is 1. The number of aromatic carboxylic acids is 1. The minimum Gasteiger partial charge on any atom is -0.478 e. The number of likely N-dealkylation sites (N-methyl/N-ethyl adjacent to an activating group) is 2. The van der Waals surface area contributed by atoms with Crippen molar-refractivity contribution in [2.45, 2.75) is 4.90 Å². The molecule has 0 saturated carbocycles. The maximum Gasteiger partial charge on any atom is 0.337 e. The zero-order valence-corrected chi connectivity index (χ0v) is 19.7. The van der Waals surface area contributed by atoms with Crippen LogP contribution in [0.25, 0.3) is 0 Å². The first-order valence-corrected chi connectivity index (χ1v) is 12.6. The van der Waals surface area contributed by atoms with Gasteiger partial charge in [-0.15, -0.1) is 0 Å². The van der Waals surface area contributed by atoms with E-state index in [1.165, 1.54) is 10.4 Å². The van der Waals surface area contributed by atoms with Gasteiger partial charge in [-0.3, -0.25) is 0 Å². The Morgan fingerprint density at radius 2 is 1.31 bits per heavy atom. The number of anilines is 2. The van der Waals surface area contributed by atoms with E-state index in [1.54, 1.807) is 6.07 Å². The number of nitrogens with zero attached hydrogens (tertiary/aromatic N) is 5. The van der Waals surface area contributed by atoms with Crippen LogP contribution in [-0.2, 0) is 14.8 Å². The van der Waals surface area contributed by atoms with Crippen molar-refractivity contribution < 1.29 is 23.1 Å². The summed E-state index contributed by atoms with van der Waals surface area (Å²) in [5, 5.41) is 10.00. The second-order valence-electron chi connectivity index (χ2n) is 8.74. The van der Waals surface area contributed by atoms with Crippen LogP contribution in [0.3, 0.4) is 0 Å². The van der Waals surface area contributed by atoms with E-state index in [9.17, 15) is 18.3 Å². The Kier molecular flexibility index (Phi) is 6.91. The van der Waals surface area contributed by atoms with Crippen LogP contribution >= 0.6 is 0 Å². The molecule has 11 heteroatoms. The third-order valence-corrected chi connectivity index (χ3v) is 8.51. The minimum absolute atomic E-state index is 0.0410. The third kappa shape index (κ3) is 4.72. The number of piperazine rings is 2. The Labute approximate surface area is 190 Å². The predicted molar refractivity (Wildman–Crippen MR) is 122 cm³/mol. The summed E-state index contributed by atoms with van der Waals surface area (Å²) in [6, 6.07) is 3.18. The number of hydrogen-bond acceptors (Lipinski definition) is 8. The number of carboxylic acids is 1. The molecule has 1 aromatic rings. The molecular weight excluding hydrogens is 434 g/mol. The van der Waals surface area contributed by atoms with E-state index in [2.05, 4.69) is 19.6 Å². The number of carbonyl (C=O) groups is 1. The first-order valence-electron chi connectivity index (χ1n) is 11.1. The smallest absolute Gasteiger partial charge is 0.337 e. The van der Waals surface area contributed by atoms with Gasteiger partial charge in [0.25, 0.3) is 0 Å². The molecule has 0 spiro atoms. The number of hydrogen-bond donors (Lipinski definition) is 1. The first kappa shape index (κ1) is 23.2. The van der Waals surface area contributed by atoms with Gasteiger partial charge in [-0.1, -0.05) is 0 Å². The molecule has 178 valence electrons. The molecule has 3 fully saturated rings. The molecule has 0 atom stereocenters. The molecule has 0 aliphatic carbocycles. The van der Waals surface area contributed by atoms with Crippen molar-refractivity contribution in [1.82, 2.24) is 14.1 Å². The topological polar surface area (TPSA) is 96.9 Å². The Morgan fingerprint density at radius 3 is 1.81 bits per heavy atom. The average Bonchev–Trinajstić information content (AvgIpc) is 2.80. The molecule has 3 aliphatic heterocycles. The zero-order valence-electron chi connectivity index (χ0n) is 18.9. The molecule has 32 heavy (non-hydrogen) atoms. The summed E-state index contributed by atoms with van der Waals surface area (Å²) >= 11 is 0. The Morgan fingerprint density at radius 1 is 0.812 bits per heavy atom. The van der Waals surface area contributed by atoms with E-state index in [1.807, 2.05) is 14.1 Å².